The number of carbonyl (C=O) groups is 2. The average Bonchev–Trinajstić information content (AvgIpc) is 3.56. The first-order valence-electron chi connectivity index (χ1n) is 12.1. The van der Waals surface area contributed by atoms with Crippen molar-refractivity contribution in [3.8, 4) is 5.75 Å². The second-order valence-corrected chi connectivity index (χ2v) is 9.83. The van der Waals surface area contributed by atoms with Gasteiger partial charge in [0.2, 0.25) is 11.8 Å². The summed E-state index contributed by atoms with van der Waals surface area (Å²) in [5.74, 6) is 0.0217. The maximum absolute atomic E-state index is 13.7. The molecule has 0 saturated heterocycles. The van der Waals surface area contributed by atoms with E-state index < -0.39 is 6.04 Å². The lowest BCUT2D eigenvalue weighted by molar-refractivity contribution is -0.141. The van der Waals surface area contributed by atoms with E-state index in [0.717, 1.165) is 36.1 Å². The third-order valence-corrected chi connectivity index (χ3v) is 7.14. The SMILES string of the molecule is CCOc1ccc([C@H](C(=O)NC2CCCC2)N(Cc2ccc(F)cc2)C(=O)Cc2cccs2)cc1. The Balaban J connectivity index is 1.69. The number of carbonyl (C=O) groups excluding carboxylic acids is 2. The minimum atomic E-state index is -0.816. The molecule has 1 heterocycles. The van der Waals surface area contributed by atoms with Crippen LogP contribution in [0, 0.1) is 5.82 Å². The van der Waals surface area contributed by atoms with Gasteiger partial charge in [0.1, 0.15) is 17.6 Å². The van der Waals surface area contributed by atoms with Crippen molar-refractivity contribution in [3.05, 3.63) is 87.9 Å². The van der Waals surface area contributed by atoms with Gasteiger partial charge in [0.15, 0.2) is 0 Å². The van der Waals surface area contributed by atoms with Crippen LogP contribution < -0.4 is 10.1 Å². The molecule has 0 radical (unpaired) electrons. The maximum atomic E-state index is 13.7. The molecule has 35 heavy (non-hydrogen) atoms. The maximum Gasteiger partial charge on any atom is 0.247 e. The lowest BCUT2D eigenvalue weighted by Crippen LogP contribution is -2.46. The van der Waals surface area contributed by atoms with E-state index in [9.17, 15) is 14.0 Å². The van der Waals surface area contributed by atoms with Gasteiger partial charge in [-0.05, 0) is 66.6 Å². The molecule has 3 aromatic rings. The lowest BCUT2D eigenvalue weighted by atomic mass is 10.0. The molecule has 1 aliphatic rings. The average molecular weight is 495 g/mol. The van der Waals surface area contributed by atoms with Crippen LogP contribution in [0.25, 0.3) is 0 Å². The van der Waals surface area contributed by atoms with E-state index in [1.807, 2.05) is 48.7 Å². The van der Waals surface area contributed by atoms with Gasteiger partial charge < -0.3 is 15.0 Å². The second kappa shape index (κ2) is 12.0. The Morgan fingerprint density at radius 1 is 1.09 bits per heavy atom. The molecule has 1 saturated carbocycles. The molecular formula is C28H31FN2O3S. The topological polar surface area (TPSA) is 58.6 Å². The number of nitrogens with zero attached hydrogens (tertiary/aromatic N) is 1. The fourth-order valence-electron chi connectivity index (χ4n) is 4.51. The molecule has 2 aromatic carbocycles. The number of nitrogens with one attached hydrogen (secondary N) is 1. The predicted octanol–water partition coefficient (Wildman–Crippen LogP) is 5.66. The highest BCUT2D eigenvalue weighted by Crippen LogP contribution is 2.28. The van der Waals surface area contributed by atoms with E-state index >= 15 is 0 Å². The van der Waals surface area contributed by atoms with Gasteiger partial charge in [-0.1, -0.05) is 43.2 Å². The zero-order valence-electron chi connectivity index (χ0n) is 19.9. The molecule has 1 aromatic heterocycles. The zero-order valence-corrected chi connectivity index (χ0v) is 20.7. The van der Waals surface area contributed by atoms with Crippen LogP contribution in [-0.2, 0) is 22.6 Å². The summed E-state index contributed by atoms with van der Waals surface area (Å²) in [5.41, 5.74) is 1.47. The molecule has 1 N–H and O–H groups in total. The summed E-state index contributed by atoms with van der Waals surface area (Å²) in [7, 11) is 0. The van der Waals surface area contributed by atoms with Gasteiger partial charge in [0.25, 0.3) is 0 Å². The van der Waals surface area contributed by atoms with Crippen molar-refractivity contribution in [2.75, 3.05) is 6.61 Å². The lowest BCUT2D eigenvalue weighted by Gasteiger charge is -2.32. The summed E-state index contributed by atoms with van der Waals surface area (Å²) in [5, 5.41) is 5.12. The third kappa shape index (κ3) is 6.69. The number of thiophene rings is 1. The van der Waals surface area contributed by atoms with Crippen LogP contribution in [0.2, 0.25) is 0 Å². The number of hydrogen-bond donors (Lipinski definition) is 1. The molecule has 0 unspecified atom stereocenters. The highest BCUT2D eigenvalue weighted by atomic mass is 32.1. The van der Waals surface area contributed by atoms with Crippen LogP contribution in [0.5, 0.6) is 5.75 Å². The van der Waals surface area contributed by atoms with Gasteiger partial charge >= 0.3 is 0 Å². The van der Waals surface area contributed by atoms with Crippen molar-refractivity contribution in [2.24, 2.45) is 0 Å². The molecule has 1 fully saturated rings. The molecule has 2 amide bonds. The van der Waals surface area contributed by atoms with Gasteiger partial charge in [0.05, 0.1) is 13.0 Å². The monoisotopic (exact) mass is 494 g/mol. The minimum Gasteiger partial charge on any atom is -0.494 e. The molecule has 0 aliphatic heterocycles. The standard InChI is InChI=1S/C28H31FN2O3S/c1-2-34-24-15-11-21(12-16-24)27(28(33)30-23-6-3-4-7-23)31(19-20-9-13-22(29)14-10-20)26(32)18-25-8-5-17-35-25/h5,8-17,23,27H,2-4,6-7,18-19H2,1H3,(H,30,33)/t27-/m1/s1. The third-order valence-electron chi connectivity index (χ3n) is 6.26. The van der Waals surface area contributed by atoms with Crippen LogP contribution in [0.1, 0.15) is 54.7 Å². The van der Waals surface area contributed by atoms with Gasteiger partial charge in [-0.15, -0.1) is 11.3 Å². The first-order chi connectivity index (χ1) is 17.0. The largest absolute Gasteiger partial charge is 0.494 e. The molecular weight excluding hydrogens is 463 g/mol. The van der Waals surface area contributed by atoms with E-state index in [2.05, 4.69) is 5.32 Å². The summed E-state index contributed by atoms with van der Waals surface area (Å²) >= 11 is 1.51. The molecule has 0 bridgehead atoms. The Labute approximate surface area is 209 Å². The molecule has 4 rings (SSSR count). The second-order valence-electron chi connectivity index (χ2n) is 8.80. The number of ether oxygens (including phenoxy) is 1. The number of benzene rings is 2. The van der Waals surface area contributed by atoms with Crippen molar-refractivity contribution in [3.63, 3.8) is 0 Å². The summed E-state index contributed by atoms with van der Waals surface area (Å²) < 4.78 is 19.1. The molecule has 7 heteroatoms. The van der Waals surface area contributed by atoms with Gasteiger partial charge in [-0.3, -0.25) is 9.59 Å². The fraction of sp³-hybridized carbons (Fsp3) is 0.357. The first kappa shape index (κ1) is 24.9. The van der Waals surface area contributed by atoms with Crippen LogP contribution in [-0.4, -0.2) is 29.4 Å². The first-order valence-corrected chi connectivity index (χ1v) is 13.0. The molecule has 1 atom stereocenters. The van der Waals surface area contributed by atoms with Crippen molar-refractivity contribution >= 4 is 23.2 Å². The highest BCUT2D eigenvalue weighted by molar-refractivity contribution is 7.10. The van der Waals surface area contributed by atoms with Crippen LogP contribution in [0.4, 0.5) is 4.39 Å². The van der Waals surface area contributed by atoms with E-state index in [0.29, 0.717) is 17.9 Å². The Morgan fingerprint density at radius 2 is 1.80 bits per heavy atom. The van der Waals surface area contributed by atoms with E-state index in [-0.39, 0.29) is 36.6 Å². The summed E-state index contributed by atoms with van der Waals surface area (Å²) in [6.45, 7) is 2.65. The Kier molecular flexibility index (Phi) is 8.53. The quantitative estimate of drug-likeness (QED) is 0.396. The van der Waals surface area contributed by atoms with E-state index in [4.69, 9.17) is 4.74 Å². The minimum absolute atomic E-state index is 0.118. The summed E-state index contributed by atoms with van der Waals surface area (Å²) in [6.07, 6.45) is 4.28. The molecule has 1 aliphatic carbocycles. The molecule has 0 spiro atoms. The predicted molar refractivity (Wildman–Crippen MR) is 136 cm³/mol. The Bertz CT molecular complexity index is 1090. The number of amides is 2. The normalized spacial score (nSPS) is 14.5. The van der Waals surface area contributed by atoms with Crippen LogP contribution in [0.15, 0.2) is 66.0 Å². The van der Waals surface area contributed by atoms with E-state index in [1.54, 1.807) is 17.0 Å². The van der Waals surface area contributed by atoms with Crippen molar-refractivity contribution in [2.45, 2.75) is 57.7 Å². The van der Waals surface area contributed by atoms with Gasteiger partial charge in [0, 0.05) is 17.5 Å². The number of halogens is 1. The van der Waals surface area contributed by atoms with Gasteiger partial charge in [-0.25, -0.2) is 4.39 Å². The molecule has 5 nitrogen and oxygen atoms in total. The van der Waals surface area contributed by atoms with Crippen molar-refractivity contribution in [1.29, 1.82) is 0 Å². The van der Waals surface area contributed by atoms with Crippen molar-refractivity contribution in [1.82, 2.24) is 10.2 Å². The highest BCUT2D eigenvalue weighted by Gasteiger charge is 2.33. The van der Waals surface area contributed by atoms with E-state index in [1.165, 1.54) is 23.5 Å². The van der Waals surface area contributed by atoms with Crippen molar-refractivity contribution < 1.29 is 18.7 Å². The van der Waals surface area contributed by atoms with Crippen LogP contribution >= 0.6 is 11.3 Å². The molecule has 184 valence electrons. The number of rotatable bonds is 10. The smallest absolute Gasteiger partial charge is 0.247 e. The van der Waals surface area contributed by atoms with Crippen LogP contribution in [0.3, 0.4) is 0 Å². The van der Waals surface area contributed by atoms with Gasteiger partial charge in [-0.2, -0.15) is 0 Å². The fourth-order valence-corrected chi connectivity index (χ4v) is 5.21. The zero-order chi connectivity index (χ0) is 24.6. The Morgan fingerprint density at radius 3 is 2.43 bits per heavy atom. The number of hydrogen-bond acceptors (Lipinski definition) is 4. The summed E-state index contributed by atoms with van der Waals surface area (Å²) in [6, 6.07) is 16.6. The Hall–Kier alpha value is -3.19. The summed E-state index contributed by atoms with van der Waals surface area (Å²) in [4.78, 5) is 29.9.